The van der Waals surface area contributed by atoms with Crippen LogP contribution in [-0.4, -0.2) is 34.9 Å². The fourth-order valence-electron chi connectivity index (χ4n) is 10.0. The molecule has 0 aromatic rings. The van der Waals surface area contributed by atoms with Gasteiger partial charge in [0.05, 0.1) is 18.8 Å². The number of nitrogens with one attached hydrogen (secondary N) is 1. The monoisotopic (exact) mass is 968 g/mol. The molecule has 0 aromatic carbocycles. The lowest BCUT2D eigenvalue weighted by atomic mass is 10.0. The highest BCUT2D eigenvalue weighted by Gasteiger charge is 2.18. The second kappa shape index (κ2) is 60.9. The fraction of sp³-hybridized carbons (Fsp3) is 0.892. The van der Waals surface area contributed by atoms with Crippen LogP contribution in [0.1, 0.15) is 354 Å². The van der Waals surface area contributed by atoms with Gasteiger partial charge in [-0.25, -0.2) is 0 Å². The van der Waals surface area contributed by atoms with Gasteiger partial charge in [0.1, 0.15) is 0 Å². The van der Waals surface area contributed by atoms with Gasteiger partial charge < -0.3 is 15.5 Å². The first-order valence-electron chi connectivity index (χ1n) is 31.7. The SMILES string of the molecule is CCCCCCCCCCCCCCCCCCCCC/C=C/CC/C=C/CC/C=C/C(O)C(CO)NC(=O)CCCCCCCCCCCCCCCCCCCCCCCCCCCCCC. The Morgan fingerprint density at radius 2 is 0.565 bits per heavy atom. The molecule has 0 heterocycles. The standard InChI is InChI=1S/C65H125NO3/c1-3-5-7-9-11-13-15-17-19-21-23-25-27-29-31-33-34-36-38-40-42-44-46-48-50-52-54-56-58-60-64(68)63(62-67)66-65(69)61-59-57-55-53-51-49-47-45-43-41-39-37-35-32-30-28-26-24-22-20-18-16-14-12-10-8-6-4-2/h42,44,50,52,58,60,63-64,67-68H,3-41,43,45-49,51,53-57,59,61-62H2,1-2H3,(H,66,69)/b44-42+,52-50+,60-58+. The van der Waals surface area contributed by atoms with Crippen molar-refractivity contribution < 1.29 is 15.0 Å². The molecule has 408 valence electrons. The van der Waals surface area contributed by atoms with E-state index in [1.54, 1.807) is 6.08 Å². The van der Waals surface area contributed by atoms with Crippen molar-refractivity contribution in [2.24, 2.45) is 0 Å². The van der Waals surface area contributed by atoms with Crippen molar-refractivity contribution in [2.75, 3.05) is 6.61 Å². The summed E-state index contributed by atoms with van der Waals surface area (Å²) in [5, 5.41) is 23.2. The number of aliphatic hydroxyl groups excluding tert-OH is 2. The van der Waals surface area contributed by atoms with Gasteiger partial charge in [-0.3, -0.25) is 4.79 Å². The van der Waals surface area contributed by atoms with Gasteiger partial charge in [-0.2, -0.15) is 0 Å². The van der Waals surface area contributed by atoms with Gasteiger partial charge in [0.15, 0.2) is 0 Å². The van der Waals surface area contributed by atoms with E-state index in [9.17, 15) is 15.0 Å². The average Bonchev–Trinajstić information content (AvgIpc) is 3.35. The Hall–Kier alpha value is -1.39. The second-order valence-electron chi connectivity index (χ2n) is 21.8. The highest BCUT2D eigenvalue weighted by Crippen LogP contribution is 2.18. The molecule has 2 unspecified atom stereocenters. The Bertz CT molecular complexity index is 1050. The lowest BCUT2D eigenvalue weighted by Gasteiger charge is -2.19. The minimum Gasteiger partial charge on any atom is -0.394 e. The van der Waals surface area contributed by atoms with Crippen LogP contribution in [0.2, 0.25) is 0 Å². The number of unbranched alkanes of at least 4 members (excludes halogenated alkanes) is 48. The molecule has 3 N–H and O–H groups in total. The van der Waals surface area contributed by atoms with Crippen molar-refractivity contribution in [1.82, 2.24) is 5.32 Å². The molecular formula is C65H125NO3. The molecule has 0 rings (SSSR count). The van der Waals surface area contributed by atoms with Crippen LogP contribution >= 0.6 is 0 Å². The van der Waals surface area contributed by atoms with Gasteiger partial charge in [-0.1, -0.05) is 339 Å². The van der Waals surface area contributed by atoms with Gasteiger partial charge in [0, 0.05) is 6.42 Å². The van der Waals surface area contributed by atoms with Gasteiger partial charge in [-0.15, -0.1) is 0 Å². The molecule has 0 aliphatic heterocycles. The molecule has 0 spiro atoms. The molecule has 69 heavy (non-hydrogen) atoms. The molecule has 0 saturated carbocycles. The van der Waals surface area contributed by atoms with Crippen LogP contribution in [0.15, 0.2) is 36.5 Å². The summed E-state index contributed by atoms with van der Waals surface area (Å²) in [6.07, 6.45) is 83.5. The third-order valence-corrected chi connectivity index (χ3v) is 14.9. The van der Waals surface area contributed by atoms with Crippen molar-refractivity contribution in [1.29, 1.82) is 0 Å². The van der Waals surface area contributed by atoms with Crippen molar-refractivity contribution in [3.63, 3.8) is 0 Å². The van der Waals surface area contributed by atoms with Gasteiger partial charge >= 0.3 is 0 Å². The van der Waals surface area contributed by atoms with Crippen LogP contribution in [-0.2, 0) is 4.79 Å². The number of allylic oxidation sites excluding steroid dienone is 5. The summed E-state index contributed by atoms with van der Waals surface area (Å²) in [7, 11) is 0. The van der Waals surface area contributed by atoms with E-state index in [1.807, 2.05) is 6.08 Å². The highest BCUT2D eigenvalue weighted by molar-refractivity contribution is 5.76. The molecular weight excluding hydrogens is 843 g/mol. The van der Waals surface area contributed by atoms with Crippen molar-refractivity contribution >= 4 is 5.91 Å². The molecule has 0 bridgehead atoms. The molecule has 4 heteroatoms. The number of amides is 1. The van der Waals surface area contributed by atoms with E-state index in [-0.39, 0.29) is 12.5 Å². The first kappa shape index (κ1) is 67.6. The molecule has 2 atom stereocenters. The van der Waals surface area contributed by atoms with Crippen LogP contribution in [0, 0.1) is 0 Å². The van der Waals surface area contributed by atoms with E-state index in [4.69, 9.17) is 0 Å². The molecule has 0 saturated heterocycles. The van der Waals surface area contributed by atoms with Crippen LogP contribution in [0.3, 0.4) is 0 Å². The fourth-order valence-corrected chi connectivity index (χ4v) is 10.0. The Balaban J connectivity index is 3.49. The van der Waals surface area contributed by atoms with E-state index in [0.29, 0.717) is 6.42 Å². The lowest BCUT2D eigenvalue weighted by molar-refractivity contribution is -0.123. The Labute approximate surface area is 433 Å². The zero-order valence-corrected chi connectivity index (χ0v) is 47.1. The molecule has 0 aliphatic rings. The molecule has 4 nitrogen and oxygen atoms in total. The predicted molar refractivity (Wildman–Crippen MR) is 308 cm³/mol. The lowest BCUT2D eigenvalue weighted by Crippen LogP contribution is -2.45. The van der Waals surface area contributed by atoms with Gasteiger partial charge in [0.25, 0.3) is 0 Å². The first-order valence-corrected chi connectivity index (χ1v) is 31.7. The predicted octanol–water partition coefficient (Wildman–Crippen LogP) is 21.2. The maximum atomic E-state index is 12.5. The number of carbonyl (C=O) groups excluding carboxylic acids is 1. The molecule has 1 amide bonds. The average molecular weight is 969 g/mol. The van der Waals surface area contributed by atoms with Crippen molar-refractivity contribution in [2.45, 2.75) is 366 Å². The molecule has 0 aromatic heterocycles. The number of hydrogen-bond donors (Lipinski definition) is 3. The molecule has 0 fully saturated rings. The largest absolute Gasteiger partial charge is 0.394 e. The number of hydrogen-bond acceptors (Lipinski definition) is 3. The summed E-state index contributed by atoms with van der Waals surface area (Å²) in [5.41, 5.74) is 0. The first-order chi connectivity index (χ1) is 34.2. The van der Waals surface area contributed by atoms with Crippen molar-refractivity contribution in [3.8, 4) is 0 Å². The van der Waals surface area contributed by atoms with Crippen molar-refractivity contribution in [3.05, 3.63) is 36.5 Å². The van der Waals surface area contributed by atoms with Crippen LogP contribution in [0.25, 0.3) is 0 Å². The van der Waals surface area contributed by atoms with Crippen LogP contribution < -0.4 is 5.32 Å². The molecule has 0 radical (unpaired) electrons. The number of rotatable bonds is 59. The quantitative estimate of drug-likeness (QED) is 0.0420. The highest BCUT2D eigenvalue weighted by atomic mass is 16.3. The van der Waals surface area contributed by atoms with E-state index in [2.05, 4.69) is 43.5 Å². The summed E-state index contributed by atoms with van der Waals surface area (Å²) < 4.78 is 0. The minimum absolute atomic E-state index is 0.0705. The summed E-state index contributed by atoms with van der Waals surface area (Å²) in [5.74, 6) is -0.0705. The third-order valence-electron chi connectivity index (χ3n) is 14.9. The Morgan fingerprint density at radius 1 is 0.333 bits per heavy atom. The minimum atomic E-state index is -0.870. The smallest absolute Gasteiger partial charge is 0.220 e. The summed E-state index contributed by atoms with van der Waals surface area (Å²) >= 11 is 0. The topological polar surface area (TPSA) is 69.6 Å². The molecule has 0 aliphatic carbocycles. The second-order valence-corrected chi connectivity index (χ2v) is 21.8. The van der Waals surface area contributed by atoms with Gasteiger partial charge in [-0.05, 0) is 44.9 Å². The maximum absolute atomic E-state index is 12.5. The van der Waals surface area contributed by atoms with Crippen LogP contribution in [0.4, 0.5) is 0 Å². The Morgan fingerprint density at radius 3 is 0.841 bits per heavy atom. The number of aliphatic hydroxyl groups is 2. The summed E-state index contributed by atoms with van der Waals surface area (Å²) in [6.45, 7) is 4.34. The van der Waals surface area contributed by atoms with E-state index in [1.165, 1.54) is 295 Å². The Kier molecular flexibility index (Phi) is 59.7. The number of carbonyl (C=O) groups is 1. The summed E-state index contributed by atoms with van der Waals surface area (Å²) in [4.78, 5) is 12.5. The van der Waals surface area contributed by atoms with E-state index in [0.717, 1.165) is 38.5 Å². The van der Waals surface area contributed by atoms with E-state index >= 15 is 0 Å². The normalized spacial score (nSPS) is 12.9. The summed E-state index contributed by atoms with van der Waals surface area (Å²) in [6, 6.07) is -0.645. The third kappa shape index (κ3) is 57.4. The maximum Gasteiger partial charge on any atom is 0.220 e. The van der Waals surface area contributed by atoms with Crippen LogP contribution in [0.5, 0.6) is 0 Å². The zero-order chi connectivity index (χ0) is 49.9. The van der Waals surface area contributed by atoms with E-state index < -0.39 is 12.1 Å². The van der Waals surface area contributed by atoms with Gasteiger partial charge in [0.2, 0.25) is 5.91 Å². The zero-order valence-electron chi connectivity index (χ0n) is 47.1.